The minimum absolute atomic E-state index is 0.197. The van der Waals surface area contributed by atoms with Gasteiger partial charge in [0.05, 0.1) is 19.3 Å². The van der Waals surface area contributed by atoms with E-state index in [2.05, 4.69) is 0 Å². The molecule has 96 valence electrons. The molecule has 0 aliphatic carbocycles. The van der Waals surface area contributed by atoms with E-state index in [1.807, 2.05) is 31.2 Å². The summed E-state index contributed by atoms with van der Waals surface area (Å²) < 4.78 is 10.4. The molecule has 0 amide bonds. The molecular weight excluding hydrogens is 216 g/mol. The fourth-order valence-electron chi connectivity index (χ4n) is 1.77. The van der Waals surface area contributed by atoms with Crippen LogP contribution in [0.15, 0.2) is 24.3 Å². The summed E-state index contributed by atoms with van der Waals surface area (Å²) in [6.45, 7) is 2.01. The fourth-order valence-corrected chi connectivity index (χ4v) is 1.77. The van der Waals surface area contributed by atoms with Crippen molar-refractivity contribution in [1.29, 1.82) is 0 Å². The Morgan fingerprint density at radius 2 is 1.88 bits per heavy atom. The van der Waals surface area contributed by atoms with Crippen LogP contribution in [0.5, 0.6) is 5.75 Å². The first-order valence-corrected chi connectivity index (χ1v) is 6.00. The Hall–Kier alpha value is -1.06. The molecule has 0 spiro atoms. The highest BCUT2D eigenvalue weighted by Crippen LogP contribution is 2.20. The van der Waals surface area contributed by atoms with Crippen molar-refractivity contribution < 1.29 is 14.6 Å². The average molecular weight is 238 g/mol. The fraction of sp³-hybridized carbons (Fsp3) is 0.571. The molecule has 0 heterocycles. The lowest BCUT2D eigenvalue weighted by atomic mass is 10.0. The van der Waals surface area contributed by atoms with Gasteiger partial charge in [0.1, 0.15) is 5.75 Å². The van der Waals surface area contributed by atoms with E-state index in [0.29, 0.717) is 6.42 Å². The van der Waals surface area contributed by atoms with Crippen molar-refractivity contribution in [1.82, 2.24) is 0 Å². The maximum Gasteiger partial charge on any atom is 0.122 e. The van der Waals surface area contributed by atoms with Gasteiger partial charge in [-0.2, -0.15) is 0 Å². The van der Waals surface area contributed by atoms with Gasteiger partial charge in [0.2, 0.25) is 0 Å². The second-order valence-corrected chi connectivity index (χ2v) is 4.29. The van der Waals surface area contributed by atoms with Gasteiger partial charge in [-0.1, -0.05) is 18.2 Å². The molecule has 1 rings (SSSR count). The summed E-state index contributed by atoms with van der Waals surface area (Å²) in [7, 11) is 3.34. The number of hydrogen-bond acceptors (Lipinski definition) is 3. The van der Waals surface area contributed by atoms with Crippen LogP contribution in [-0.4, -0.2) is 31.5 Å². The van der Waals surface area contributed by atoms with Gasteiger partial charge >= 0.3 is 0 Å². The van der Waals surface area contributed by atoms with Crippen molar-refractivity contribution in [3.63, 3.8) is 0 Å². The van der Waals surface area contributed by atoms with Gasteiger partial charge in [0.25, 0.3) is 0 Å². The Morgan fingerprint density at radius 1 is 1.18 bits per heavy atom. The molecule has 2 unspecified atom stereocenters. The van der Waals surface area contributed by atoms with E-state index in [0.717, 1.165) is 24.2 Å². The third-order valence-electron chi connectivity index (χ3n) is 2.96. The molecule has 3 heteroatoms. The van der Waals surface area contributed by atoms with E-state index in [1.165, 1.54) is 0 Å². The third kappa shape index (κ3) is 4.75. The topological polar surface area (TPSA) is 38.7 Å². The minimum Gasteiger partial charge on any atom is -0.496 e. The number of aliphatic hydroxyl groups is 1. The van der Waals surface area contributed by atoms with Crippen molar-refractivity contribution in [3.05, 3.63) is 29.8 Å². The lowest BCUT2D eigenvalue weighted by Crippen LogP contribution is -2.15. The molecule has 3 nitrogen and oxygen atoms in total. The summed E-state index contributed by atoms with van der Waals surface area (Å²) in [5.74, 6) is 0.839. The van der Waals surface area contributed by atoms with Gasteiger partial charge in [-0.05, 0) is 31.4 Å². The first-order valence-electron chi connectivity index (χ1n) is 6.00. The lowest BCUT2D eigenvalue weighted by Gasteiger charge is -2.15. The van der Waals surface area contributed by atoms with E-state index >= 15 is 0 Å². The minimum atomic E-state index is -0.344. The first-order chi connectivity index (χ1) is 8.17. The zero-order valence-electron chi connectivity index (χ0n) is 10.8. The number of benzene rings is 1. The Morgan fingerprint density at radius 3 is 2.53 bits per heavy atom. The lowest BCUT2D eigenvalue weighted by molar-refractivity contribution is 0.0850. The van der Waals surface area contributed by atoms with Crippen LogP contribution >= 0.6 is 0 Å². The maximum absolute atomic E-state index is 9.96. The SMILES string of the molecule is COc1ccccc1CC(O)CCC(C)OC. The molecule has 0 saturated heterocycles. The Bertz CT molecular complexity index is 325. The molecule has 0 aliphatic rings. The monoisotopic (exact) mass is 238 g/mol. The highest BCUT2D eigenvalue weighted by Gasteiger charge is 2.11. The number of rotatable bonds is 7. The summed E-state index contributed by atoms with van der Waals surface area (Å²) in [5, 5.41) is 9.96. The normalized spacial score (nSPS) is 14.4. The molecular formula is C14H22O3. The Balaban J connectivity index is 2.47. The maximum atomic E-state index is 9.96. The number of methoxy groups -OCH3 is 2. The van der Waals surface area contributed by atoms with Gasteiger partial charge in [-0.3, -0.25) is 0 Å². The van der Waals surface area contributed by atoms with E-state index in [-0.39, 0.29) is 12.2 Å². The predicted octanol–water partition coefficient (Wildman–Crippen LogP) is 2.41. The number of aliphatic hydroxyl groups excluding tert-OH is 1. The van der Waals surface area contributed by atoms with Crippen LogP contribution in [0.3, 0.4) is 0 Å². The number of hydrogen-bond donors (Lipinski definition) is 1. The Labute approximate surface area is 103 Å². The average Bonchev–Trinajstić information content (AvgIpc) is 2.36. The molecule has 17 heavy (non-hydrogen) atoms. The summed E-state index contributed by atoms with van der Waals surface area (Å²) in [6, 6.07) is 7.80. The number of para-hydroxylation sites is 1. The van der Waals surface area contributed by atoms with Crippen LogP contribution < -0.4 is 4.74 Å². The molecule has 0 aromatic heterocycles. The van der Waals surface area contributed by atoms with E-state index in [4.69, 9.17) is 9.47 Å². The number of ether oxygens (including phenoxy) is 2. The first kappa shape index (κ1) is 14.0. The second kappa shape index (κ2) is 7.30. The van der Waals surface area contributed by atoms with Crippen molar-refractivity contribution in [2.75, 3.05) is 14.2 Å². The standard InChI is InChI=1S/C14H22O3/c1-11(16-2)8-9-13(15)10-12-6-4-5-7-14(12)17-3/h4-7,11,13,15H,8-10H2,1-3H3. The van der Waals surface area contributed by atoms with Gasteiger partial charge in [-0.25, -0.2) is 0 Å². The van der Waals surface area contributed by atoms with Crippen LogP contribution in [0.1, 0.15) is 25.3 Å². The van der Waals surface area contributed by atoms with Gasteiger partial charge in [0, 0.05) is 13.5 Å². The molecule has 1 aromatic rings. The Kier molecular flexibility index (Phi) is 6.01. The van der Waals surface area contributed by atoms with Gasteiger partial charge in [-0.15, -0.1) is 0 Å². The molecule has 0 radical (unpaired) electrons. The van der Waals surface area contributed by atoms with E-state index in [9.17, 15) is 5.11 Å². The van der Waals surface area contributed by atoms with Crippen LogP contribution in [0.25, 0.3) is 0 Å². The third-order valence-corrected chi connectivity index (χ3v) is 2.96. The highest BCUT2D eigenvalue weighted by atomic mass is 16.5. The molecule has 1 N–H and O–H groups in total. The summed E-state index contributed by atoms with van der Waals surface area (Å²) in [4.78, 5) is 0. The molecule has 0 bridgehead atoms. The predicted molar refractivity (Wildman–Crippen MR) is 68.4 cm³/mol. The zero-order chi connectivity index (χ0) is 12.7. The van der Waals surface area contributed by atoms with Gasteiger partial charge in [0.15, 0.2) is 0 Å². The molecule has 1 aromatic carbocycles. The second-order valence-electron chi connectivity index (χ2n) is 4.29. The summed E-state index contributed by atoms with van der Waals surface area (Å²) in [5.41, 5.74) is 1.05. The van der Waals surface area contributed by atoms with Gasteiger partial charge < -0.3 is 14.6 Å². The molecule has 0 saturated carbocycles. The summed E-state index contributed by atoms with van der Waals surface area (Å²) >= 11 is 0. The van der Waals surface area contributed by atoms with Crippen molar-refractivity contribution in [3.8, 4) is 5.75 Å². The van der Waals surface area contributed by atoms with Crippen LogP contribution in [0, 0.1) is 0 Å². The molecule has 0 aliphatic heterocycles. The van der Waals surface area contributed by atoms with Crippen molar-refractivity contribution >= 4 is 0 Å². The molecule has 2 atom stereocenters. The molecule has 0 fully saturated rings. The summed E-state index contributed by atoms with van der Waals surface area (Å²) in [6.07, 6.45) is 2.09. The van der Waals surface area contributed by atoms with E-state index in [1.54, 1.807) is 14.2 Å². The zero-order valence-corrected chi connectivity index (χ0v) is 10.8. The van der Waals surface area contributed by atoms with Crippen LogP contribution in [0.2, 0.25) is 0 Å². The van der Waals surface area contributed by atoms with Crippen LogP contribution in [0.4, 0.5) is 0 Å². The smallest absolute Gasteiger partial charge is 0.122 e. The van der Waals surface area contributed by atoms with Crippen LogP contribution in [-0.2, 0) is 11.2 Å². The van der Waals surface area contributed by atoms with Crippen molar-refractivity contribution in [2.24, 2.45) is 0 Å². The highest BCUT2D eigenvalue weighted by molar-refractivity contribution is 5.33. The van der Waals surface area contributed by atoms with Crippen molar-refractivity contribution in [2.45, 2.75) is 38.4 Å². The largest absolute Gasteiger partial charge is 0.496 e. The quantitative estimate of drug-likeness (QED) is 0.793. The van der Waals surface area contributed by atoms with E-state index < -0.39 is 0 Å².